The third-order valence-corrected chi connectivity index (χ3v) is 2.96. The zero-order valence-corrected chi connectivity index (χ0v) is 10.4. The number of nitrogens with one attached hydrogen (secondary N) is 1. The van der Waals surface area contributed by atoms with Gasteiger partial charge in [0, 0.05) is 16.2 Å². The van der Waals surface area contributed by atoms with Crippen LogP contribution in [-0.4, -0.2) is 13.0 Å². The lowest BCUT2D eigenvalue weighted by Crippen LogP contribution is -2.17. The van der Waals surface area contributed by atoms with Gasteiger partial charge in [-0.25, -0.2) is 0 Å². The largest absolute Gasteiger partial charge is 0.355 e. The summed E-state index contributed by atoms with van der Waals surface area (Å²) in [4.78, 5) is 11.4. The number of fused-ring (bicyclic) bond motifs is 1. The van der Waals surface area contributed by atoms with Crippen molar-refractivity contribution >= 4 is 39.3 Å². The van der Waals surface area contributed by atoms with Crippen molar-refractivity contribution in [2.75, 3.05) is 7.05 Å². The minimum atomic E-state index is -0.0459. The van der Waals surface area contributed by atoms with Gasteiger partial charge in [-0.2, -0.15) is 0 Å². The highest BCUT2D eigenvalue weighted by molar-refractivity contribution is 14.1. The Hall–Kier alpha value is -1.10. The molecular weight excluding hydrogens is 301 g/mol. The molecule has 0 unspecified atom stereocenters. The molecule has 2 rings (SSSR count). The van der Waals surface area contributed by atoms with Gasteiger partial charge < -0.3 is 5.32 Å². The third kappa shape index (κ3) is 2.12. The van der Waals surface area contributed by atoms with E-state index < -0.39 is 0 Å². The van der Waals surface area contributed by atoms with E-state index in [9.17, 15) is 4.79 Å². The number of benzene rings is 2. The first kappa shape index (κ1) is 10.4. The van der Waals surface area contributed by atoms with Crippen molar-refractivity contribution in [3.8, 4) is 0 Å². The molecule has 0 aromatic heterocycles. The average molecular weight is 311 g/mol. The molecular formula is C12H10INO. The van der Waals surface area contributed by atoms with E-state index in [1.54, 1.807) is 7.05 Å². The molecule has 2 aromatic carbocycles. The van der Waals surface area contributed by atoms with E-state index in [0.29, 0.717) is 5.56 Å². The van der Waals surface area contributed by atoms with Crippen LogP contribution in [0.3, 0.4) is 0 Å². The third-order valence-electron chi connectivity index (χ3n) is 2.29. The Bertz CT molecular complexity index is 522. The number of hydrogen-bond donors (Lipinski definition) is 1. The zero-order chi connectivity index (χ0) is 10.8. The minimum Gasteiger partial charge on any atom is -0.355 e. The lowest BCUT2D eigenvalue weighted by molar-refractivity contribution is 0.0963. The molecule has 0 fully saturated rings. The average Bonchev–Trinajstić information content (AvgIpc) is 2.27. The first-order valence-corrected chi connectivity index (χ1v) is 5.70. The van der Waals surface area contributed by atoms with Crippen LogP contribution in [0.1, 0.15) is 10.4 Å². The highest BCUT2D eigenvalue weighted by Crippen LogP contribution is 2.18. The van der Waals surface area contributed by atoms with Crippen molar-refractivity contribution < 1.29 is 4.79 Å². The molecule has 0 bridgehead atoms. The van der Waals surface area contributed by atoms with Gasteiger partial charge >= 0.3 is 0 Å². The molecule has 0 heterocycles. The fourth-order valence-corrected chi connectivity index (χ4v) is 2.02. The van der Waals surface area contributed by atoms with Gasteiger partial charge in [-0.05, 0) is 57.6 Å². The maximum absolute atomic E-state index is 11.4. The van der Waals surface area contributed by atoms with Gasteiger partial charge in [0.1, 0.15) is 0 Å². The Morgan fingerprint density at radius 2 is 1.80 bits per heavy atom. The van der Waals surface area contributed by atoms with E-state index >= 15 is 0 Å². The van der Waals surface area contributed by atoms with Crippen LogP contribution in [0.25, 0.3) is 10.8 Å². The van der Waals surface area contributed by atoms with Crippen LogP contribution in [-0.2, 0) is 0 Å². The molecule has 0 radical (unpaired) electrons. The molecule has 0 aliphatic heterocycles. The maximum Gasteiger partial charge on any atom is 0.251 e. The molecule has 0 atom stereocenters. The molecule has 2 aromatic rings. The highest BCUT2D eigenvalue weighted by atomic mass is 127. The quantitative estimate of drug-likeness (QED) is 0.806. The van der Waals surface area contributed by atoms with Crippen molar-refractivity contribution in [3.63, 3.8) is 0 Å². The smallest absolute Gasteiger partial charge is 0.251 e. The Labute approximate surface area is 102 Å². The second kappa shape index (κ2) is 4.18. The monoisotopic (exact) mass is 311 g/mol. The standard InChI is InChI=1S/C12H10INO/c1-14-12(15)10-3-2-9-7-11(13)5-4-8(9)6-10/h2-7H,1H3,(H,14,15). The summed E-state index contributed by atoms with van der Waals surface area (Å²) in [6.45, 7) is 0. The molecule has 76 valence electrons. The van der Waals surface area contributed by atoms with E-state index in [1.165, 1.54) is 3.57 Å². The van der Waals surface area contributed by atoms with Crippen molar-refractivity contribution in [1.82, 2.24) is 5.32 Å². The van der Waals surface area contributed by atoms with Crippen LogP contribution in [0.4, 0.5) is 0 Å². The Morgan fingerprint density at radius 3 is 2.53 bits per heavy atom. The first-order chi connectivity index (χ1) is 7.20. The van der Waals surface area contributed by atoms with Crippen LogP contribution in [0.2, 0.25) is 0 Å². The fourth-order valence-electron chi connectivity index (χ4n) is 1.50. The molecule has 0 spiro atoms. The van der Waals surface area contributed by atoms with E-state index in [4.69, 9.17) is 0 Å². The van der Waals surface area contributed by atoms with Gasteiger partial charge in [0.15, 0.2) is 0 Å². The van der Waals surface area contributed by atoms with Gasteiger partial charge in [-0.15, -0.1) is 0 Å². The Morgan fingerprint density at radius 1 is 1.13 bits per heavy atom. The van der Waals surface area contributed by atoms with Crippen molar-refractivity contribution in [1.29, 1.82) is 0 Å². The molecule has 1 amide bonds. The Balaban J connectivity index is 2.57. The second-order valence-corrected chi connectivity index (χ2v) is 4.53. The predicted octanol–water partition coefficient (Wildman–Crippen LogP) is 2.80. The van der Waals surface area contributed by atoms with E-state index in [2.05, 4.69) is 34.0 Å². The lowest BCUT2D eigenvalue weighted by Gasteiger charge is -2.02. The summed E-state index contributed by atoms with van der Waals surface area (Å²) in [5.74, 6) is -0.0459. The summed E-state index contributed by atoms with van der Waals surface area (Å²) < 4.78 is 1.20. The molecule has 2 nitrogen and oxygen atoms in total. The van der Waals surface area contributed by atoms with Crippen LogP contribution in [0.5, 0.6) is 0 Å². The number of hydrogen-bond acceptors (Lipinski definition) is 1. The summed E-state index contributed by atoms with van der Waals surface area (Å²) >= 11 is 2.28. The van der Waals surface area contributed by atoms with Gasteiger partial charge in [0.25, 0.3) is 5.91 Å². The first-order valence-electron chi connectivity index (χ1n) is 4.62. The molecule has 0 saturated carbocycles. The fraction of sp³-hybridized carbons (Fsp3) is 0.0833. The molecule has 0 aliphatic carbocycles. The number of carbonyl (C=O) groups is 1. The predicted molar refractivity (Wildman–Crippen MR) is 70.1 cm³/mol. The summed E-state index contributed by atoms with van der Waals surface area (Å²) in [5.41, 5.74) is 0.700. The molecule has 0 aliphatic rings. The topological polar surface area (TPSA) is 29.1 Å². The zero-order valence-electron chi connectivity index (χ0n) is 8.25. The summed E-state index contributed by atoms with van der Waals surface area (Å²) in [6.07, 6.45) is 0. The van der Waals surface area contributed by atoms with Crippen LogP contribution >= 0.6 is 22.6 Å². The van der Waals surface area contributed by atoms with Gasteiger partial charge in [-0.3, -0.25) is 4.79 Å². The molecule has 0 saturated heterocycles. The van der Waals surface area contributed by atoms with Gasteiger partial charge in [0.2, 0.25) is 0 Å². The van der Waals surface area contributed by atoms with Gasteiger partial charge in [-0.1, -0.05) is 12.1 Å². The summed E-state index contributed by atoms with van der Waals surface area (Å²) in [5, 5.41) is 4.87. The highest BCUT2D eigenvalue weighted by Gasteiger charge is 2.03. The van der Waals surface area contributed by atoms with Gasteiger partial charge in [0.05, 0.1) is 0 Å². The molecule has 1 N–H and O–H groups in total. The number of carbonyl (C=O) groups excluding carboxylic acids is 1. The molecule has 15 heavy (non-hydrogen) atoms. The minimum absolute atomic E-state index is 0.0459. The summed E-state index contributed by atoms with van der Waals surface area (Å²) in [7, 11) is 1.64. The van der Waals surface area contributed by atoms with Crippen molar-refractivity contribution in [2.24, 2.45) is 0 Å². The number of amides is 1. The normalized spacial score (nSPS) is 10.3. The van der Waals surface area contributed by atoms with Crippen molar-refractivity contribution in [3.05, 3.63) is 45.5 Å². The van der Waals surface area contributed by atoms with Crippen molar-refractivity contribution in [2.45, 2.75) is 0 Å². The van der Waals surface area contributed by atoms with E-state index in [-0.39, 0.29) is 5.91 Å². The van der Waals surface area contributed by atoms with Crippen LogP contribution < -0.4 is 5.32 Å². The summed E-state index contributed by atoms with van der Waals surface area (Å²) in [6, 6.07) is 11.9. The molecule has 3 heteroatoms. The van der Waals surface area contributed by atoms with E-state index in [0.717, 1.165) is 10.8 Å². The number of halogens is 1. The SMILES string of the molecule is CNC(=O)c1ccc2cc(I)ccc2c1. The second-order valence-electron chi connectivity index (χ2n) is 3.29. The van der Waals surface area contributed by atoms with Crippen LogP contribution in [0.15, 0.2) is 36.4 Å². The van der Waals surface area contributed by atoms with Crippen LogP contribution in [0, 0.1) is 3.57 Å². The van der Waals surface area contributed by atoms with E-state index in [1.807, 2.05) is 30.3 Å². The maximum atomic E-state index is 11.4. The lowest BCUT2D eigenvalue weighted by atomic mass is 10.1. The Kier molecular flexibility index (Phi) is 2.90. The number of rotatable bonds is 1.